The first-order valence-electron chi connectivity index (χ1n) is 4.20. The van der Waals surface area contributed by atoms with Gasteiger partial charge < -0.3 is 5.73 Å². The summed E-state index contributed by atoms with van der Waals surface area (Å²) >= 11 is 0. The fourth-order valence-electron chi connectivity index (χ4n) is 1.17. The third-order valence-corrected chi connectivity index (χ3v) is 1.90. The molecule has 0 fully saturated rings. The van der Waals surface area contributed by atoms with E-state index in [-0.39, 0.29) is 0 Å². The fourth-order valence-corrected chi connectivity index (χ4v) is 1.17. The maximum atomic E-state index is 13.0. The molecule has 4 heteroatoms. The van der Waals surface area contributed by atoms with Crippen LogP contribution in [0, 0.1) is 12.3 Å². The van der Waals surface area contributed by atoms with Gasteiger partial charge in [-0.05, 0) is 12.5 Å². The highest BCUT2D eigenvalue weighted by Gasteiger charge is 2.33. The number of benzene rings is 1. The van der Waals surface area contributed by atoms with Gasteiger partial charge in [0.25, 0.3) is 0 Å². The number of rotatable bonds is 3. The molecular weight excluding hydrogens is 186 g/mol. The van der Waals surface area contributed by atoms with Gasteiger partial charge in [0.15, 0.2) is 5.84 Å². The number of aryl methyl sites for hydroxylation is 1. The summed E-state index contributed by atoms with van der Waals surface area (Å²) in [4.78, 5) is 0. The second kappa shape index (κ2) is 3.74. The highest BCUT2D eigenvalue weighted by molar-refractivity contribution is 5.84. The normalized spacial score (nSPS) is 11.4. The molecule has 76 valence electrons. The number of nitrogens with two attached hydrogens (primary N) is 1. The molecule has 0 radical (unpaired) electrons. The summed E-state index contributed by atoms with van der Waals surface area (Å²) in [6, 6.07) is 6.80. The third-order valence-electron chi connectivity index (χ3n) is 1.90. The van der Waals surface area contributed by atoms with Gasteiger partial charge in [0.2, 0.25) is 0 Å². The Kier molecular flexibility index (Phi) is 2.84. The van der Waals surface area contributed by atoms with Crippen molar-refractivity contribution in [1.29, 1.82) is 5.41 Å². The molecule has 0 aliphatic rings. The van der Waals surface area contributed by atoms with E-state index in [4.69, 9.17) is 11.1 Å². The van der Waals surface area contributed by atoms with Crippen molar-refractivity contribution >= 4 is 5.84 Å². The van der Waals surface area contributed by atoms with Crippen LogP contribution in [0.1, 0.15) is 11.1 Å². The van der Waals surface area contributed by atoms with Gasteiger partial charge in [0.1, 0.15) is 0 Å². The van der Waals surface area contributed by atoms with Crippen molar-refractivity contribution in [3.05, 3.63) is 35.4 Å². The number of hydrogen-bond donors (Lipinski definition) is 2. The molecule has 1 aromatic carbocycles. The van der Waals surface area contributed by atoms with Crippen LogP contribution in [0.25, 0.3) is 0 Å². The minimum atomic E-state index is -3.24. The Bertz CT molecular complexity index is 348. The number of halogens is 2. The van der Waals surface area contributed by atoms with Crippen molar-refractivity contribution in [2.24, 2.45) is 5.73 Å². The van der Waals surface area contributed by atoms with Crippen LogP contribution in [-0.2, 0) is 6.42 Å². The quantitative estimate of drug-likeness (QED) is 0.567. The van der Waals surface area contributed by atoms with E-state index < -0.39 is 18.2 Å². The Morgan fingerprint density at radius 3 is 2.64 bits per heavy atom. The van der Waals surface area contributed by atoms with E-state index in [1.54, 1.807) is 18.2 Å². The van der Waals surface area contributed by atoms with Crippen LogP contribution in [0.3, 0.4) is 0 Å². The molecule has 0 amide bonds. The maximum Gasteiger partial charge on any atom is 0.307 e. The second-order valence-corrected chi connectivity index (χ2v) is 3.28. The molecule has 0 atom stereocenters. The topological polar surface area (TPSA) is 49.9 Å². The molecule has 0 aromatic heterocycles. The minimum absolute atomic E-state index is 0.491. The summed E-state index contributed by atoms with van der Waals surface area (Å²) in [5.74, 6) is -4.33. The Labute approximate surface area is 81.2 Å². The van der Waals surface area contributed by atoms with Crippen LogP contribution in [0.15, 0.2) is 24.3 Å². The molecule has 1 aromatic rings. The molecule has 0 unspecified atom stereocenters. The van der Waals surface area contributed by atoms with E-state index >= 15 is 0 Å². The van der Waals surface area contributed by atoms with Gasteiger partial charge in [-0.2, -0.15) is 8.78 Å². The highest BCUT2D eigenvalue weighted by Crippen LogP contribution is 2.20. The van der Waals surface area contributed by atoms with Gasteiger partial charge >= 0.3 is 5.92 Å². The van der Waals surface area contributed by atoms with Gasteiger partial charge in [-0.3, -0.25) is 5.41 Å². The van der Waals surface area contributed by atoms with Crippen molar-refractivity contribution in [2.45, 2.75) is 19.3 Å². The summed E-state index contributed by atoms with van der Waals surface area (Å²) < 4.78 is 26.0. The molecule has 0 heterocycles. The lowest BCUT2D eigenvalue weighted by Crippen LogP contribution is -2.36. The van der Waals surface area contributed by atoms with Crippen molar-refractivity contribution < 1.29 is 8.78 Å². The first-order chi connectivity index (χ1) is 6.42. The molecule has 0 spiro atoms. The van der Waals surface area contributed by atoms with Gasteiger partial charge in [-0.15, -0.1) is 0 Å². The molecule has 1 rings (SSSR count). The van der Waals surface area contributed by atoms with Gasteiger partial charge in [-0.1, -0.05) is 29.8 Å². The summed E-state index contributed by atoms with van der Waals surface area (Å²) in [6.07, 6.45) is -0.510. The summed E-state index contributed by atoms with van der Waals surface area (Å²) in [5, 5.41) is 6.73. The molecule has 14 heavy (non-hydrogen) atoms. The van der Waals surface area contributed by atoms with E-state index in [0.29, 0.717) is 5.56 Å². The van der Waals surface area contributed by atoms with Crippen molar-refractivity contribution in [3.63, 3.8) is 0 Å². The summed E-state index contributed by atoms with van der Waals surface area (Å²) in [6.45, 7) is 1.83. The number of amidine groups is 1. The van der Waals surface area contributed by atoms with Crippen molar-refractivity contribution in [1.82, 2.24) is 0 Å². The molecular formula is C10H12F2N2. The maximum absolute atomic E-state index is 13.0. The SMILES string of the molecule is Cc1cccc(CC(F)(F)C(=N)N)c1. The fraction of sp³-hybridized carbons (Fsp3) is 0.300. The van der Waals surface area contributed by atoms with E-state index in [0.717, 1.165) is 5.56 Å². The first kappa shape index (κ1) is 10.6. The van der Waals surface area contributed by atoms with Crippen LogP contribution < -0.4 is 5.73 Å². The van der Waals surface area contributed by atoms with Gasteiger partial charge in [0.05, 0.1) is 0 Å². The van der Waals surface area contributed by atoms with E-state index in [9.17, 15) is 8.78 Å². The van der Waals surface area contributed by atoms with E-state index in [2.05, 4.69) is 0 Å². The molecule has 0 bridgehead atoms. The zero-order valence-electron chi connectivity index (χ0n) is 7.85. The molecule has 2 nitrogen and oxygen atoms in total. The Hall–Kier alpha value is -1.45. The zero-order chi connectivity index (χ0) is 10.8. The van der Waals surface area contributed by atoms with Crippen LogP contribution >= 0.6 is 0 Å². The lowest BCUT2D eigenvalue weighted by molar-refractivity contribution is 0.0762. The highest BCUT2D eigenvalue weighted by atomic mass is 19.3. The summed E-state index contributed by atoms with van der Waals surface area (Å²) in [7, 11) is 0. The smallest absolute Gasteiger partial charge is 0.307 e. The van der Waals surface area contributed by atoms with Crippen molar-refractivity contribution in [2.75, 3.05) is 0 Å². The van der Waals surface area contributed by atoms with E-state index in [1.165, 1.54) is 0 Å². The Balaban J connectivity index is 2.83. The minimum Gasteiger partial charge on any atom is -0.383 e. The Morgan fingerprint density at radius 1 is 1.50 bits per heavy atom. The standard InChI is InChI=1S/C10H12F2N2/c1-7-3-2-4-8(5-7)6-10(11,12)9(13)14/h2-5H,6H2,1H3,(H3,13,14). The van der Waals surface area contributed by atoms with Crippen LogP contribution in [0.2, 0.25) is 0 Å². The van der Waals surface area contributed by atoms with Crippen LogP contribution in [0.4, 0.5) is 8.78 Å². The van der Waals surface area contributed by atoms with Crippen LogP contribution in [0.5, 0.6) is 0 Å². The molecule has 3 N–H and O–H groups in total. The average molecular weight is 198 g/mol. The monoisotopic (exact) mass is 198 g/mol. The second-order valence-electron chi connectivity index (χ2n) is 3.28. The summed E-state index contributed by atoms with van der Waals surface area (Å²) in [5.41, 5.74) is 6.20. The molecule has 0 saturated heterocycles. The average Bonchev–Trinajstić information content (AvgIpc) is 2.02. The zero-order valence-corrected chi connectivity index (χ0v) is 7.85. The predicted octanol–water partition coefficient (Wildman–Crippen LogP) is 2.11. The van der Waals surface area contributed by atoms with E-state index in [1.807, 2.05) is 13.0 Å². The van der Waals surface area contributed by atoms with Gasteiger partial charge in [0, 0.05) is 6.42 Å². The van der Waals surface area contributed by atoms with Crippen LogP contribution in [-0.4, -0.2) is 11.8 Å². The molecule has 0 saturated carbocycles. The lowest BCUT2D eigenvalue weighted by atomic mass is 10.0. The first-order valence-corrected chi connectivity index (χ1v) is 4.20. The molecule has 0 aliphatic carbocycles. The third kappa shape index (κ3) is 2.52. The number of alkyl halides is 2. The molecule has 0 aliphatic heterocycles. The predicted molar refractivity (Wildman–Crippen MR) is 51.7 cm³/mol. The number of hydrogen-bond acceptors (Lipinski definition) is 1. The largest absolute Gasteiger partial charge is 0.383 e. The lowest BCUT2D eigenvalue weighted by Gasteiger charge is -2.14. The van der Waals surface area contributed by atoms with Crippen molar-refractivity contribution in [3.8, 4) is 0 Å². The van der Waals surface area contributed by atoms with Gasteiger partial charge in [-0.25, -0.2) is 0 Å². The number of nitrogens with one attached hydrogen (secondary N) is 1. The Morgan fingerprint density at radius 2 is 2.14 bits per heavy atom.